The van der Waals surface area contributed by atoms with Crippen molar-refractivity contribution >= 4 is 40.1 Å². The van der Waals surface area contributed by atoms with E-state index >= 15 is 0 Å². The highest BCUT2D eigenvalue weighted by Gasteiger charge is 2.26. The molecule has 1 saturated heterocycles. The number of hydrogen-bond acceptors (Lipinski definition) is 2. The van der Waals surface area contributed by atoms with Crippen LogP contribution in [-0.2, 0) is 0 Å². The number of aryl methyl sites for hydroxylation is 1. The zero-order valence-corrected chi connectivity index (χ0v) is 17.2. The van der Waals surface area contributed by atoms with Crippen LogP contribution in [0.25, 0.3) is 0 Å². The Morgan fingerprint density at radius 3 is 2.69 bits per heavy atom. The molecular weight excluding hydrogens is 439 g/mol. The predicted molar refractivity (Wildman–Crippen MR) is 113 cm³/mol. The topological polar surface area (TPSA) is 49.4 Å². The van der Waals surface area contributed by atoms with Crippen LogP contribution < -0.4 is 5.32 Å². The molecule has 0 aliphatic carbocycles. The summed E-state index contributed by atoms with van der Waals surface area (Å²) in [5.41, 5.74) is 2.75. The normalized spacial score (nSPS) is 17.0. The standard InChI is InChI=1S/C21H23IN2O2/c1-14-6-5-8-16(12-14)20(25)23-19-10-9-17(22)13-18(19)21(26)24-11-4-3-7-15(24)2/h5-6,8-10,12-13,15H,3-4,7,11H2,1-2H3,(H,23,25)/t15-/m1/s1. The lowest BCUT2D eigenvalue weighted by Gasteiger charge is -2.34. The van der Waals surface area contributed by atoms with Gasteiger partial charge in [0.25, 0.3) is 11.8 Å². The van der Waals surface area contributed by atoms with E-state index in [4.69, 9.17) is 0 Å². The van der Waals surface area contributed by atoms with Crippen molar-refractivity contribution in [3.8, 4) is 0 Å². The molecule has 1 aliphatic heterocycles. The number of carbonyl (C=O) groups is 2. The van der Waals surface area contributed by atoms with E-state index < -0.39 is 0 Å². The second kappa shape index (κ2) is 8.20. The molecule has 2 aromatic rings. The molecule has 3 rings (SSSR count). The molecule has 1 heterocycles. The van der Waals surface area contributed by atoms with E-state index in [1.807, 2.05) is 48.2 Å². The summed E-state index contributed by atoms with van der Waals surface area (Å²) in [6, 6.07) is 13.2. The van der Waals surface area contributed by atoms with Gasteiger partial charge >= 0.3 is 0 Å². The summed E-state index contributed by atoms with van der Waals surface area (Å²) in [6.45, 7) is 4.82. The number of nitrogens with zero attached hydrogens (tertiary/aromatic N) is 1. The smallest absolute Gasteiger partial charge is 0.256 e. The van der Waals surface area contributed by atoms with Gasteiger partial charge in [0, 0.05) is 21.7 Å². The molecule has 0 unspecified atom stereocenters. The van der Waals surface area contributed by atoms with Crippen LogP contribution in [0.2, 0.25) is 0 Å². The molecule has 1 fully saturated rings. The molecule has 0 aromatic heterocycles. The molecule has 5 heteroatoms. The maximum atomic E-state index is 13.1. The van der Waals surface area contributed by atoms with Gasteiger partial charge in [0.1, 0.15) is 0 Å². The molecule has 136 valence electrons. The van der Waals surface area contributed by atoms with E-state index in [1.165, 1.54) is 0 Å². The lowest BCUT2D eigenvalue weighted by Crippen LogP contribution is -2.42. The van der Waals surface area contributed by atoms with E-state index in [9.17, 15) is 9.59 Å². The number of benzene rings is 2. The van der Waals surface area contributed by atoms with Gasteiger partial charge in [0.05, 0.1) is 11.3 Å². The van der Waals surface area contributed by atoms with Crippen molar-refractivity contribution < 1.29 is 9.59 Å². The fourth-order valence-corrected chi connectivity index (χ4v) is 3.83. The average Bonchev–Trinajstić information content (AvgIpc) is 2.63. The Bertz CT molecular complexity index is 835. The van der Waals surface area contributed by atoms with Crippen molar-refractivity contribution in [2.45, 2.75) is 39.2 Å². The van der Waals surface area contributed by atoms with E-state index in [2.05, 4.69) is 34.8 Å². The van der Waals surface area contributed by atoms with Gasteiger partial charge in [0.2, 0.25) is 0 Å². The third kappa shape index (κ3) is 4.26. The summed E-state index contributed by atoms with van der Waals surface area (Å²) in [6.07, 6.45) is 3.22. The third-order valence-corrected chi connectivity index (χ3v) is 5.48. The molecule has 0 spiro atoms. The molecule has 0 radical (unpaired) electrons. The van der Waals surface area contributed by atoms with Gasteiger partial charge in [-0.1, -0.05) is 17.7 Å². The second-order valence-corrected chi connectivity index (χ2v) is 8.10. The zero-order chi connectivity index (χ0) is 18.7. The Kier molecular flexibility index (Phi) is 5.96. The number of piperidine rings is 1. The van der Waals surface area contributed by atoms with E-state index in [0.29, 0.717) is 16.8 Å². The molecule has 2 amide bonds. The number of halogens is 1. The van der Waals surface area contributed by atoms with Gasteiger partial charge in [-0.05, 0) is 86.0 Å². The summed E-state index contributed by atoms with van der Waals surface area (Å²) in [7, 11) is 0. The molecule has 0 saturated carbocycles. The zero-order valence-electron chi connectivity index (χ0n) is 15.1. The van der Waals surface area contributed by atoms with Crippen LogP contribution in [0.1, 0.15) is 52.5 Å². The maximum absolute atomic E-state index is 13.1. The highest BCUT2D eigenvalue weighted by atomic mass is 127. The number of amides is 2. The second-order valence-electron chi connectivity index (χ2n) is 6.86. The van der Waals surface area contributed by atoms with Gasteiger partial charge in [-0.2, -0.15) is 0 Å². The van der Waals surface area contributed by atoms with Crippen LogP contribution >= 0.6 is 22.6 Å². The molecule has 4 nitrogen and oxygen atoms in total. The largest absolute Gasteiger partial charge is 0.336 e. The molecule has 1 N–H and O–H groups in total. The minimum atomic E-state index is -0.198. The molecule has 1 atom stereocenters. The first-order valence-corrected chi connectivity index (χ1v) is 10.0. The monoisotopic (exact) mass is 462 g/mol. The minimum absolute atomic E-state index is 0.00439. The van der Waals surface area contributed by atoms with Crippen LogP contribution in [0.4, 0.5) is 5.69 Å². The van der Waals surface area contributed by atoms with Crippen molar-refractivity contribution in [3.63, 3.8) is 0 Å². The summed E-state index contributed by atoms with van der Waals surface area (Å²) in [4.78, 5) is 27.7. The molecule has 0 bridgehead atoms. The predicted octanol–water partition coefficient (Wildman–Crippen LogP) is 4.87. The Morgan fingerprint density at radius 1 is 1.15 bits per heavy atom. The van der Waals surface area contributed by atoms with E-state index in [-0.39, 0.29) is 17.9 Å². The summed E-state index contributed by atoms with van der Waals surface area (Å²) < 4.78 is 0.976. The number of anilines is 1. The summed E-state index contributed by atoms with van der Waals surface area (Å²) in [5.74, 6) is -0.203. The maximum Gasteiger partial charge on any atom is 0.256 e. The minimum Gasteiger partial charge on any atom is -0.336 e. The van der Waals surface area contributed by atoms with Crippen molar-refractivity contribution in [1.82, 2.24) is 4.90 Å². The van der Waals surface area contributed by atoms with Crippen LogP contribution in [0.3, 0.4) is 0 Å². The summed E-state index contributed by atoms with van der Waals surface area (Å²) in [5, 5.41) is 2.93. The van der Waals surface area contributed by atoms with Crippen molar-refractivity contribution in [1.29, 1.82) is 0 Å². The van der Waals surface area contributed by atoms with E-state index in [0.717, 1.165) is 34.9 Å². The number of rotatable bonds is 3. The lowest BCUT2D eigenvalue weighted by atomic mass is 10.0. The SMILES string of the molecule is Cc1cccc(C(=O)Nc2ccc(I)cc2C(=O)N2CCCC[C@H]2C)c1. The van der Waals surface area contributed by atoms with Crippen LogP contribution in [0.15, 0.2) is 42.5 Å². The quantitative estimate of drug-likeness (QED) is 0.663. The van der Waals surface area contributed by atoms with E-state index in [1.54, 1.807) is 6.07 Å². The van der Waals surface area contributed by atoms with Gasteiger partial charge in [-0.3, -0.25) is 9.59 Å². The number of hydrogen-bond donors (Lipinski definition) is 1. The van der Waals surface area contributed by atoms with Crippen molar-refractivity contribution in [3.05, 3.63) is 62.7 Å². The Hall–Kier alpha value is -1.89. The fourth-order valence-electron chi connectivity index (χ4n) is 3.34. The fraction of sp³-hybridized carbons (Fsp3) is 0.333. The van der Waals surface area contributed by atoms with Crippen LogP contribution in [0, 0.1) is 10.5 Å². The molecule has 2 aromatic carbocycles. The Labute approximate surface area is 168 Å². The highest BCUT2D eigenvalue weighted by molar-refractivity contribution is 14.1. The Balaban J connectivity index is 1.88. The van der Waals surface area contributed by atoms with Crippen molar-refractivity contribution in [2.75, 3.05) is 11.9 Å². The number of nitrogens with one attached hydrogen (secondary N) is 1. The molecule has 1 aliphatic rings. The van der Waals surface area contributed by atoms with Gasteiger partial charge in [-0.25, -0.2) is 0 Å². The van der Waals surface area contributed by atoms with Crippen molar-refractivity contribution in [2.24, 2.45) is 0 Å². The first-order valence-electron chi connectivity index (χ1n) is 8.94. The third-order valence-electron chi connectivity index (χ3n) is 4.80. The van der Waals surface area contributed by atoms with Gasteiger partial charge < -0.3 is 10.2 Å². The first-order chi connectivity index (χ1) is 12.5. The Morgan fingerprint density at radius 2 is 1.96 bits per heavy atom. The number of likely N-dealkylation sites (tertiary alicyclic amines) is 1. The van der Waals surface area contributed by atoms with Gasteiger partial charge in [-0.15, -0.1) is 0 Å². The first kappa shape index (κ1) is 18.9. The van der Waals surface area contributed by atoms with Crippen LogP contribution in [-0.4, -0.2) is 29.3 Å². The lowest BCUT2D eigenvalue weighted by molar-refractivity contribution is 0.0636. The number of carbonyl (C=O) groups excluding carboxylic acids is 2. The highest BCUT2D eigenvalue weighted by Crippen LogP contribution is 2.25. The molecule has 26 heavy (non-hydrogen) atoms. The molecular formula is C21H23IN2O2. The van der Waals surface area contributed by atoms with Crippen LogP contribution in [0.5, 0.6) is 0 Å². The summed E-state index contributed by atoms with van der Waals surface area (Å²) >= 11 is 2.20. The average molecular weight is 462 g/mol. The van der Waals surface area contributed by atoms with Gasteiger partial charge in [0.15, 0.2) is 0 Å².